The lowest BCUT2D eigenvalue weighted by atomic mass is 9.69. The second-order valence-corrected chi connectivity index (χ2v) is 4.77. The van der Waals surface area contributed by atoms with Crippen molar-refractivity contribution in [3.8, 4) is 0 Å². The van der Waals surface area contributed by atoms with Crippen LogP contribution >= 0.6 is 0 Å². The Kier molecular flexibility index (Phi) is 1.15. The number of allylic oxidation sites excluding steroid dienone is 1. The van der Waals surface area contributed by atoms with E-state index in [1.54, 1.807) is 0 Å². The molecule has 0 aliphatic heterocycles. The van der Waals surface area contributed by atoms with Crippen molar-refractivity contribution in [3.63, 3.8) is 0 Å². The molecule has 0 aromatic rings. The van der Waals surface area contributed by atoms with Gasteiger partial charge in [-0.3, -0.25) is 0 Å². The van der Waals surface area contributed by atoms with E-state index in [9.17, 15) is 4.79 Å². The Hall–Kier alpha value is -0.590. The predicted molar refractivity (Wildman–Crippen MR) is 48.8 cm³/mol. The average Bonchev–Trinajstić information content (AvgIpc) is 2.35. The lowest BCUT2D eigenvalue weighted by molar-refractivity contribution is -0.117. The number of carbonyl (C=O) groups excluding carboxylic acids is 1. The monoisotopic (exact) mass is 165 g/mol. The van der Waals surface area contributed by atoms with Gasteiger partial charge in [0.05, 0.1) is 5.41 Å². The van der Waals surface area contributed by atoms with E-state index in [1.165, 1.54) is 0 Å². The van der Waals surface area contributed by atoms with Crippen molar-refractivity contribution in [1.29, 1.82) is 0 Å². The third-order valence-electron chi connectivity index (χ3n) is 4.26. The minimum atomic E-state index is -0.502. The first-order chi connectivity index (χ1) is 5.93. The molecule has 1 heteroatoms. The summed E-state index contributed by atoms with van der Waals surface area (Å²) in [7, 11) is 0. The Morgan fingerprint density at radius 3 is 2.67 bits per heavy atom. The van der Waals surface area contributed by atoms with Gasteiger partial charge in [0, 0.05) is 0 Å². The quantitative estimate of drug-likeness (QED) is 0.431. The predicted octanol–water partition coefficient (Wildman–Crippen LogP) is 2.57. The number of hydrogen-bond donors (Lipinski definition) is 0. The van der Waals surface area contributed by atoms with Crippen LogP contribution < -0.4 is 0 Å². The third kappa shape index (κ3) is 0.596. The van der Waals surface area contributed by atoms with Crippen LogP contribution in [0.4, 0.5) is 0 Å². The fraction of sp³-hybridized carbons (Fsp3) is 0.727. The van der Waals surface area contributed by atoms with Gasteiger partial charge in [-0.15, -0.1) is 0 Å². The van der Waals surface area contributed by atoms with Crippen molar-refractivity contribution in [3.05, 3.63) is 12.2 Å². The number of rotatable bonds is 1. The highest BCUT2D eigenvalue weighted by atomic mass is 16.1. The van der Waals surface area contributed by atoms with Crippen LogP contribution in [-0.4, -0.2) is 6.26 Å². The third-order valence-corrected chi connectivity index (χ3v) is 4.26. The molecule has 2 atom stereocenters. The summed E-state index contributed by atoms with van der Waals surface area (Å²) in [6.07, 6.45) is 2.49. The molecule has 2 rings (SSSR count). The topological polar surface area (TPSA) is 17.1 Å². The van der Waals surface area contributed by atoms with Crippen molar-refractivity contribution in [2.45, 2.75) is 33.1 Å². The summed E-state index contributed by atoms with van der Waals surface area (Å²) in [4.78, 5) is 11.5. The van der Waals surface area contributed by atoms with Crippen molar-refractivity contribution in [1.82, 2.24) is 0 Å². The highest BCUT2D eigenvalue weighted by Crippen LogP contribution is 2.66. The summed E-state index contributed by atoms with van der Waals surface area (Å²) in [5.41, 5.74) is 0.481. The Labute approximate surface area is 75.3 Å². The second kappa shape index (κ2) is 2.01. The Balaban J connectivity index is 2.55. The number of aldehydes is 1. The van der Waals surface area contributed by atoms with E-state index in [-0.39, 0.29) is 5.41 Å². The smallest absolute Gasteiger partial charge is 0.130 e. The van der Waals surface area contributed by atoms with Gasteiger partial charge in [-0.25, -0.2) is 0 Å². The molecule has 0 unspecified atom stereocenters. The molecule has 0 aromatic heterocycles. The standard InChI is InChI=1S/C11H16O/c1-8-6-9-4-5-11(8,7-12)10(9,2)3/h7,9H,1,4-6H2,2-3H3/t9-,11-/m1/s1/i7D. The maximum Gasteiger partial charge on any atom is 0.130 e. The molecule has 66 valence electrons. The largest absolute Gasteiger partial charge is 0.302 e. The maximum atomic E-state index is 11.5. The van der Waals surface area contributed by atoms with Gasteiger partial charge in [-0.05, 0) is 30.6 Å². The second-order valence-electron chi connectivity index (χ2n) is 4.77. The van der Waals surface area contributed by atoms with E-state index in [1.807, 2.05) is 0 Å². The molecule has 2 aliphatic rings. The molecule has 2 bridgehead atoms. The average molecular weight is 165 g/mol. The van der Waals surface area contributed by atoms with E-state index < -0.39 is 11.7 Å². The van der Waals surface area contributed by atoms with Crippen LogP contribution in [0.25, 0.3) is 0 Å². The summed E-state index contributed by atoms with van der Waals surface area (Å²) < 4.78 is 7.44. The summed E-state index contributed by atoms with van der Waals surface area (Å²) in [6.45, 7) is 8.23. The van der Waals surface area contributed by atoms with Crippen molar-refractivity contribution >= 4 is 6.26 Å². The fourth-order valence-corrected chi connectivity index (χ4v) is 3.14. The Bertz CT molecular complexity index is 292. The van der Waals surface area contributed by atoms with Gasteiger partial charge in [-0.2, -0.15) is 0 Å². The normalized spacial score (nSPS) is 44.7. The van der Waals surface area contributed by atoms with Crippen LogP contribution in [-0.2, 0) is 4.79 Å². The Morgan fingerprint density at radius 1 is 1.75 bits per heavy atom. The van der Waals surface area contributed by atoms with E-state index in [0.717, 1.165) is 24.8 Å². The van der Waals surface area contributed by atoms with Gasteiger partial charge in [0.15, 0.2) is 0 Å². The first kappa shape index (κ1) is 6.88. The molecule has 0 saturated heterocycles. The molecule has 0 amide bonds. The van der Waals surface area contributed by atoms with Crippen molar-refractivity contribution < 1.29 is 6.17 Å². The molecular formula is C11H16O. The van der Waals surface area contributed by atoms with Crippen LogP contribution in [0.2, 0.25) is 0 Å². The van der Waals surface area contributed by atoms with Gasteiger partial charge in [0.1, 0.15) is 7.63 Å². The molecule has 2 aliphatic carbocycles. The van der Waals surface area contributed by atoms with E-state index in [0.29, 0.717) is 5.92 Å². The van der Waals surface area contributed by atoms with E-state index in [2.05, 4.69) is 20.4 Å². The zero-order valence-electron chi connectivity index (χ0n) is 8.81. The molecule has 1 nitrogen and oxygen atoms in total. The summed E-state index contributed by atoms with van der Waals surface area (Å²) in [6, 6.07) is 0. The van der Waals surface area contributed by atoms with Gasteiger partial charge in [0.2, 0.25) is 0 Å². The summed E-state index contributed by atoms with van der Waals surface area (Å²) in [5.74, 6) is 0.578. The molecule has 0 spiro atoms. The first-order valence-electron chi connectivity index (χ1n) is 5.12. The zero-order chi connectivity index (χ0) is 9.85. The molecule has 2 saturated carbocycles. The molecule has 0 radical (unpaired) electrons. The van der Waals surface area contributed by atoms with Crippen LogP contribution in [0.1, 0.15) is 34.5 Å². The van der Waals surface area contributed by atoms with E-state index in [4.69, 9.17) is 1.37 Å². The lowest BCUT2D eigenvalue weighted by Crippen LogP contribution is -2.32. The molecule has 0 aromatic carbocycles. The summed E-state index contributed by atoms with van der Waals surface area (Å²) >= 11 is 0. The maximum absolute atomic E-state index is 11.5. The minimum absolute atomic E-state index is 0.0249. The van der Waals surface area contributed by atoms with Crippen molar-refractivity contribution in [2.75, 3.05) is 0 Å². The summed E-state index contributed by atoms with van der Waals surface area (Å²) in [5, 5.41) is 0. The van der Waals surface area contributed by atoms with Gasteiger partial charge in [0.25, 0.3) is 0 Å². The SMILES string of the molecule is [2H]C(=O)[C@]12CC[C@H](CC1=C)C2(C)C. The van der Waals surface area contributed by atoms with Crippen LogP contribution in [0, 0.1) is 16.7 Å². The number of hydrogen-bond acceptors (Lipinski definition) is 1. The highest BCUT2D eigenvalue weighted by Gasteiger charge is 2.60. The van der Waals surface area contributed by atoms with E-state index >= 15 is 0 Å². The number of fused-ring (bicyclic) bond motifs is 2. The number of carbonyl (C=O) groups is 1. The molecular weight excluding hydrogens is 148 g/mol. The highest BCUT2D eigenvalue weighted by molar-refractivity contribution is 5.69. The molecule has 0 N–H and O–H groups in total. The molecule has 12 heavy (non-hydrogen) atoms. The first-order valence-corrected chi connectivity index (χ1v) is 4.62. The van der Waals surface area contributed by atoms with Crippen LogP contribution in [0.3, 0.4) is 0 Å². The molecule has 2 fully saturated rings. The molecule has 0 heterocycles. The Morgan fingerprint density at radius 2 is 2.42 bits per heavy atom. The van der Waals surface area contributed by atoms with Crippen LogP contribution in [0.15, 0.2) is 12.2 Å². The fourth-order valence-electron chi connectivity index (χ4n) is 3.14. The minimum Gasteiger partial charge on any atom is -0.302 e. The van der Waals surface area contributed by atoms with Gasteiger partial charge in [-0.1, -0.05) is 26.0 Å². The van der Waals surface area contributed by atoms with Gasteiger partial charge >= 0.3 is 0 Å². The zero-order valence-corrected chi connectivity index (χ0v) is 7.81. The van der Waals surface area contributed by atoms with Gasteiger partial charge < -0.3 is 4.79 Å². The van der Waals surface area contributed by atoms with Crippen LogP contribution in [0.5, 0.6) is 0 Å². The van der Waals surface area contributed by atoms with Crippen molar-refractivity contribution in [2.24, 2.45) is 16.7 Å². The lowest BCUT2D eigenvalue weighted by Gasteiger charge is -2.33.